The molecule has 39 heavy (non-hydrogen) atoms. The topological polar surface area (TPSA) is 86.3 Å². The van der Waals surface area contributed by atoms with E-state index in [0.717, 1.165) is 32.0 Å². The van der Waals surface area contributed by atoms with Gasteiger partial charge in [-0.3, -0.25) is 0 Å². The number of nitrogens with zero attached hydrogens (tertiary/aromatic N) is 4. The van der Waals surface area contributed by atoms with E-state index in [2.05, 4.69) is 14.9 Å². The minimum absolute atomic E-state index is 0.0860. The third-order valence-electron chi connectivity index (χ3n) is 7.11. The molecule has 2 saturated heterocycles. The van der Waals surface area contributed by atoms with Crippen LogP contribution in [-0.2, 0) is 15.9 Å². The van der Waals surface area contributed by atoms with E-state index in [9.17, 15) is 13.6 Å². The van der Waals surface area contributed by atoms with E-state index in [1.807, 2.05) is 13.8 Å². The van der Waals surface area contributed by atoms with Crippen LogP contribution in [0.4, 0.5) is 13.6 Å². The molecule has 9 nitrogen and oxygen atoms in total. The van der Waals surface area contributed by atoms with Crippen molar-refractivity contribution in [2.45, 2.75) is 71.2 Å². The van der Waals surface area contributed by atoms with Crippen LogP contribution in [-0.4, -0.2) is 84.0 Å². The molecule has 1 atom stereocenters. The lowest BCUT2D eigenvalue weighted by molar-refractivity contribution is 0.0318. The predicted octanol–water partition coefficient (Wildman–Crippen LogP) is 4.90. The van der Waals surface area contributed by atoms with Gasteiger partial charge in [0.2, 0.25) is 11.8 Å². The summed E-state index contributed by atoms with van der Waals surface area (Å²) in [7, 11) is 1.70. The number of aromatic nitrogens is 2. The van der Waals surface area contributed by atoms with Crippen LogP contribution in [0.3, 0.4) is 0 Å². The van der Waals surface area contributed by atoms with Gasteiger partial charge in [0.15, 0.2) is 11.6 Å². The van der Waals surface area contributed by atoms with E-state index in [1.54, 1.807) is 18.9 Å². The average molecular weight is 549 g/mol. The van der Waals surface area contributed by atoms with Crippen molar-refractivity contribution in [3.63, 3.8) is 0 Å². The first kappa shape index (κ1) is 28.9. The lowest BCUT2D eigenvalue weighted by Crippen LogP contribution is -2.42. The van der Waals surface area contributed by atoms with Crippen LogP contribution in [0, 0.1) is 18.6 Å². The summed E-state index contributed by atoms with van der Waals surface area (Å²) in [6.45, 7) is 8.68. The Kier molecular flexibility index (Phi) is 9.90. The number of piperidine rings is 2. The fourth-order valence-electron chi connectivity index (χ4n) is 4.86. The first-order valence-electron chi connectivity index (χ1n) is 13.6. The number of likely N-dealkylation sites (tertiary alicyclic amines) is 2. The van der Waals surface area contributed by atoms with Crippen molar-refractivity contribution < 1.29 is 32.5 Å². The van der Waals surface area contributed by atoms with Gasteiger partial charge in [-0.15, -0.1) is 0 Å². The maximum atomic E-state index is 14.9. The highest BCUT2D eigenvalue weighted by Crippen LogP contribution is 2.32. The summed E-state index contributed by atoms with van der Waals surface area (Å²) in [5.41, 5.74) is 0.771. The highest BCUT2D eigenvalue weighted by atomic mass is 19.1. The molecule has 0 bridgehead atoms. The second-order valence-electron chi connectivity index (χ2n) is 10.4. The van der Waals surface area contributed by atoms with Crippen molar-refractivity contribution in [3.05, 3.63) is 41.2 Å². The molecule has 1 aromatic carbocycles. The van der Waals surface area contributed by atoms with Gasteiger partial charge in [0, 0.05) is 52.2 Å². The van der Waals surface area contributed by atoms with Gasteiger partial charge in [0.05, 0.1) is 17.8 Å². The quantitative estimate of drug-likeness (QED) is 0.438. The number of hydrogen-bond donors (Lipinski definition) is 0. The number of carbonyl (C=O) groups is 1. The number of halogens is 2. The Balaban J connectivity index is 1.35. The molecule has 2 fully saturated rings. The Bertz CT molecular complexity index is 1130. The van der Waals surface area contributed by atoms with E-state index in [4.69, 9.17) is 18.9 Å². The third kappa shape index (κ3) is 7.76. The van der Waals surface area contributed by atoms with Gasteiger partial charge in [-0.1, -0.05) is 0 Å². The van der Waals surface area contributed by atoms with Crippen LogP contribution < -0.4 is 9.47 Å². The number of benzene rings is 1. The zero-order valence-electron chi connectivity index (χ0n) is 23.1. The van der Waals surface area contributed by atoms with Crippen molar-refractivity contribution in [1.82, 2.24) is 19.8 Å². The second-order valence-corrected chi connectivity index (χ2v) is 10.4. The summed E-state index contributed by atoms with van der Waals surface area (Å²) in [6, 6.07) is 2.25. The summed E-state index contributed by atoms with van der Waals surface area (Å²) in [6.07, 6.45) is 4.43. The summed E-state index contributed by atoms with van der Waals surface area (Å²) in [5.74, 6) is -1.06. The van der Waals surface area contributed by atoms with Crippen LogP contribution in [0.15, 0.2) is 18.5 Å². The van der Waals surface area contributed by atoms with E-state index < -0.39 is 11.6 Å². The van der Waals surface area contributed by atoms with Gasteiger partial charge in [-0.05, 0) is 58.2 Å². The number of amides is 1. The minimum atomic E-state index is -0.666. The molecule has 2 aliphatic heterocycles. The fraction of sp³-hybridized carbons (Fsp3) is 0.607. The number of rotatable bonds is 9. The standard InChI is InChI=1S/C28H38F2N4O5/c1-18(2)37-28(35)34-12-8-21(9-13-34)38-26-19(3)27(32-17-31-26)39-25-15-23(29)20(14-24(25)30)7-11-33-10-5-6-22(16-33)36-4/h14-15,17-18,21-22H,5-13,16H2,1-4H3. The van der Waals surface area contributed by atoms with Crippen LogP contribution in [0.25, 0.3) is 0 Å². The first-order valence-corrected chi connectivity index (χ1v) is 13.6. The molecule has 0 spiro atoms. The van der Waals surface area contributed by atoms with Crippen LogP contribution in [0.5, 0.6) is 17.5 Å². The lowest BCUT2D eigenvalue weighted by atomic mass is 10.1. The smallest absolute Gasteiger partial charge is 0.410 e. The molecule has 0 aliphatic carbocycles. The van der Waals surface area contributed by atoms with E-state index in [-0.39, 0.29) is 36.0 Å². The summed E-state index contributed by atoms with van der Waals surface area (Å²) in [4.78, 5) is 24.3. The van der Waals surface area contributed by atoms with Gasteiger partial charge in [-0.2, -0.15) is 0 Å². The predicted molar refractivity (Wildman–Crippen MR) is 140 cm³/mol. The minimum Gasteiger partial charge on any atom is -0.474 e. The molecule has 0 radical (unpaired) electrons. The normalized spacial score (nSPS) is 18.8. The Morgan fingerprint density at radius 2 is 1.79 bits per heavy atom. The maximum absolute atomic E-state index is 14.9. The van der Waals surface area contributed by atoms with Crippen molar-refractivity contribution in [3.8, 4) is 17.5 Å². The molecule has 0 saturated carbocycles. The Hall–Kier alpha value is -3.05. The van der Waals surface area contributed by atoms with Gasteiger partial charge in [0.1, 0.15) is 18.2 Å². The molecule has 2 aromatic rings. The Morgan fingerprint density at radius 1 is 1.05 bits per heavy atom. The van der Waals surface area contributed by atoms with E-state index in [0.29, 0.717) is 55.9 Å². The SMILES string of the molecule is COC1CCCN(CCc2cc(F)c(Oc3ncnc(OC4CCN(C(=O)OC(C)C)CC4)c3C)cc2F)C1. The molecule has 1 amide bonds. The summed E-state index contributed by atoms with van der Waals surface area (Å²) in [5, 5.41) is 0. The molecule has 4 rings (SSSR count). The number of ether oxygens (including phenoxy) is 4. The Morgan fingerprint density at radius 3 is 2.51 bits per heavy atom. The van der Waals surface area contributed by atoms with Gasteiger partial charge in [-0.25, -0.2) is 23.5 Å². The Labute approximate surface area is 228 Å². The zero-order valence-corrected chi connectivity index (χ0v) is 23.1. The molecular formula is C28H38F2N4O5. The molecule has 214 valence electrons. The molecule has 11 heteroatoms. The summed E-state index contributed by atoms with van der Waals surface area (Å²) < 4.78 is 52.3. The van der Waals surface area contributed by atoms with Crippen molar-refractivity contribution in [1.29, 1.82) is 0 Å². The van der Waals surface area contributed by atoms with E-state index in [1.165, 1.54) is 12.4 Å². The summed E-state index contributed by atoms with van der Waals surface area (Å²) >= 11 is 0. The lowest BCUT2D eigenvalue weighted by Gasteiger charge is -2.32. The molecule has 1 aromatic heterocycles. The number of carbonyl (C=O) groups excluding carboxylic acids is 1. The van der Waals surface area contributed by atoms with Crippen LogP contribution >= 0.6 is 0 Å². The number of methoxy groups -OCH3 is 1. The zero-order chi connectivity index (χ0) is 27.9. The molecule has 3 heterocycles. The van der Waals surface area contributed by atoms with Gasteiger partial charge in [0.25, 0.3) is 0 Å². The fourth-order valence-corrected chi connectivity index (χ4v) is 4.86. The highest BCUT2D eigenvalue weighted by Gasteiger charge is 2.27. The number of hydrogen-bond acceptors (Lipinski definition) is 8. The third-order valence-corrected chi connectivity index (χ3v) is 7.11. The van der Waals surface area contributed by atoms with Gasteiger partial charge >= 0.3 is 6.09 Å². The van der Waals surface area contributed by atoms with Crippen LogP contribution in [0.2, 0.25) is 0 Å². The molecule has 0 N–H and O–H groups in total. The van der Waals surface area contributed by atoms with E-state index >= 15 is 0 Å². The maximum Gasteiger partial charge on any atom is 0.410 e. The highest BCUT2D eigenvalue weighted by molar-refractivity contribution is 5.67. The van der Waals surface area contributed by atoms with Gasteiger partial charge < -0.3 is 28.7 Å². The average Bonchev–Trinajstić information content (AvgIpc) is 2.92. The van der Waals surface area contributed by atoms with Crippen molar-refractivity contribution in [2.24, 2.45) is 0 Å². The van der Waals surface area contributed by atoms with Crippen molar-refractivity contribution >= 4 is 6.09 Å². The molecule has 1 unspecified atom stereocenters. The molecular weight excluding hydrogens is 510 g/mol. The van der Waals surface area contributed by atoms with Crippen molar-refractivity contribution in [2.75, 3.05) is 39.8 Å². The van der Waals surface area contributed by atoms with Crippen LogP contribution in [0.1, 0.15) is 50.7 Å². The monoisotopic (exact) mass is 548 g/mol. The second kappa shape index (κ2) is 13.3. The first-order chi connectivity index (χ1) is 18.7. The molecule has 2 aliphatic rings. The largest absolute Gasteiger partial charge is 0.474 e.